The van der Waals surface area contributed by atoms with Crippen molar-refractivity contribution < 1.29 is 4.79 Å². The van der Waals surface area contributed by atoms with Crippen LogP contribution in [0.4, 0.5) is 0 Å². The largest absolute Gasteiger partial charge is 0.344 e. The Morgan fingerprint density at radius 3 is 2.84 bits per heavy atom. The summed E-state index contributed by atoms with van der Waals surface area (Å²) in [5.41, 5.74) is 2.08. The molecule has 19 heavy (non-hydrogen) atoms. The molecule has 2 aromatic rings. The lowest BCUT2D eigenvalue weighted by molar-refractivity contribution is -0.129. The van der Waals surface area contributed by atoms with E-state index in [-0.39, 0.29) is 11.9 Å². The van der Waals surface area contributed by atoms with Gasteiger partial charge in [0.2, 0.25) is 5.91 Å². The second-order valence-corrected chi connectivity index (χ2v) is 5.20. The van der Waals surface area contributed by atoms with Crippen LogP contribution in [0.15, 0.2) is 24.3 Å². The average Bonchev–Trinajstić information content (AvgIpc) is 2.92. The molecule has 4 nitrogen and oxygen atoms in total. The van der Waals surface area contributed by atoms with Crippen LogP contribution >= 0.6 is 0 Å². The highest BCUT2D eigenvalue weighted by atomic mass is 16.2. The maximum atomic E-state index is 12.3. The highest BCUT2D eigenvalue weighted by Crippen LogP contribution is 2.29. The molecule has 0 N–H and O–H groups in total. The molecule has 1 aliphatic rings. The van der Waals surface area contributed by atoms with Crippen molar-refractivity contribution in [3.8, 4) is 0 Å². The fraction of sp³-hybridized carbons (Fsp3) is 0.467. The molecular formula is C15H19N3O. The third-order valence-corrected chi connectivity index (χ3v) is 3.85. The number of hydrogen-bond acceptors (Lipinski definition) is 2. The van der Waals surface area contributed by atoms with Crippen molar-refractivity contribution in [3.63, 3.8) is 0 Å². The third kappa shape index (κ3) is 1.91. The summed E-state index contributed by atoms with van der Waals surface area (Å²) < 4.78 is 2.16. The standard InChI is InChI=1S/C15H19N3O/c1-3-6-14-16-11-7-4-5-8-12(11)18(14)13-9-10-17(2)15(13)19/h4-5,7-8,13H,3,6,9-10H2,1-2H3. The number of nitrogens with zero attached hydrogens (tertiary/aromatic N) is 3. The van der Waals surface area contributed by atoms with Crippen LogP contribution in [0.25, 0.3) is 11.0 Å². The smallest absolute Gasteiger partial charge is 0.245 e. The van der Waals surface area contributed by atoms with E-state index in [0.29, 0.717) is 0 Å². The number of benzene rings is 1. The fourth-order valence-corrected chi connectivity index (χ4v) is 2.89. The number of amides is 1. The normalized spacial score (nSPS) is 19.6. The molecule has 3 rings (SSSR count). The van der Waals surface area contributed by atoms with Crippen molar-refractivity contribution in [1.29, 1.82) is 0 Å². The number of likely N-dealkylation sites (tertiary alicyclic amines) is 1. The van der Waals surface area contributed by atoms with Gasteiger partial charge in [-0.2, -0.15) is 0 Å². The molecular weight excluding hydrogens is 238 g/mol. The van der Waals surface area contributed by atoms with Crippen molar-refractivity contribution >= 4 is 16.9 Å². The lowest BCUT2D eigenvalue weighted by Crippen LogP contribution is -2.25. The van der Waals surface area contributed by atoms with Crippen LogP contribution in [-0.2, 0) is 11.2 Å². The van der Waals surface area contributed by atoms with Crippen molar-refractivity contribution in [2.45, 2.75) is 32.2 Å². The molecule has 0 spiro atoms. The minimum absolute atomic E-state index is 0.0704. The summed E-state index contributed by atoms with van der Waals surface area (Å²) in [7, 11) is 1.88. The zero-order chi connectivity index (χ0) is 13.4. The van der Waals surface area contributed by atoms with E-state index in [1.165, 1.54) is 0 Å². The molecule has 4 heteroatoms. The van der Waals surface area contributed by atoms with Gasteiger partial charge in [0.15, 0.2) is 0 Å². The van der Waals surface area contributed by atoms with Gasteiger partial charge in [0.25, 0.3) is 0 Å². The first-order valence-electron chi connectivity index (χ1n) is 6.93. The van der Waals surface area contributed by atoms with Gasteiger partial charge in [-0.05, 0) is 25.0 Å². The maximum Gasteiger partial charge on any atom is 0.245 e. The number of aryl methyl sites for hydroxylation is 1. The van der Waals surface area contributed by atoms with Gasteiger partial charge in [0.05, 0.1) is 11.0 Å². The van der Waals surface area contributed by atoms with Gasteiger partial charge < -0.3 is 9.47 Å². The number of hydrogen-bond donors (Lipinski definition) is 0. The Labute approximate surface area is 113 Å². The molecule has 2 heterocycles. The van der Waals surface area contributed by atoms with E-state index in [2.05, 4.69) is 17.6 Å². The second-order valence-electron chi connectivity index (χ2n) is 5.20. The van der Waals surface area contributed by atoms with E-state index < -0.39 is 0 Å². The fourth-order valence-electron chi connectivity index (χ4n) is 2.89. The first-order chi connectivity index (χ1) is 9.22. The van der Waals surface area contributed by atoms with E-state index >= 15 is 0 Å². The third-order valence-electron chi connectivity index (χ3n) is 3.85. The Hall–Kier alpha value is -1.84. The Morgan fingerprint density at radius 1 is 1.37 bits per heavy atom. The quantitative estimate of drug-likeness (QED) is 0.846. The predicted octanol–water partition coefficient (Wildman–Crippen LogP) is 2.39. The van der Waals surface area contributed by atoms with Crippen LogP contribution in [0.1, 0.15) is 31.6 Å². The van der Waals surface area contributed by atoms with E-state index in [1.54, 1.807) is 0 Å². The van der Waals surface area contributed by atoms with Gasteiger partial charge in [-0.25, -0.2) is 4.98 Å². The number of carbonyl (C=O) groups excluding carboxylic acids is 1. The van der Waals surface area contributed by atoms with Crippen LogP contribution in [0, 0.1) is 0 Å². The monoisotopic (exact) mass is 257 g/mol. The molecule has 1 aliphatic heterocycles. The number of aromatic nitrogens is 2. The van der Waals surface area contributed by atoms with E-state index in [0.717, 1.165) is 42.7 Å². The molecule has 1 unspecified atom stereocenters. The van der Waals surface area contributed by atoms with Crippen molar-refractivity contribution in [3.05, 3.63) is 30.1 Å². The zero-order valence-corrected chi connectivity index (χ0v) is 11.5. The summed E-state index contributed by atoms with van der Waals surface area (Å²) in [6.45, 7) is 2.98. The first kappa shape index (κ1) is 12.2. The summed E-state index contributed by atoms with van der Waals surface area (Å²) in [6, 6.07) is 8.03. The van der Waals surface area contributed by atoms with Gasteiger partial charge in [-0.3, -0.25) is 4.79 Å². The number of imidazole rings is 1. The predicted molar refractivity (Wildman–Crippen MR) is 75.0 cm³/mol. The van der Waals surface area contributed by atoms with E-state index in [1.807, 2.05) is 30.1 Å². The SMILES string of the molecule is CCCc1nc2ccccc2n1C1CCN(C)C1=O. The average molecular weight is 257 g/mol. The van der Waals surface area contributed by atoms with E-state index in [4.69, 9.17) is 4.98 Å². The zero-order valence-electron chi connectivity index (χ0n) is 11.5. The first-order valence-corrected chi connectivity index (χ1v) is 6.93. The molecule has 1 atom stereocenters. The van der Waals surface area contributed by atoms with Gasteiger partial charge in [0, 0.05) is 20.0 Å². The summed E-state index contributed by atoms with van der Waals surface area (Å²) in [6.07, 6.45) is 2.84. The van der Waals surface area contributed by atoms with Crippen LogP contribution in [-0.4, -0.2) is 34.0 Å². The Bertz CT molecular complexity index is 617. The number of rotatable bonds is 3. The number of likely N-dealkylation sites (N-methyl/N-ethyl adjacent to an activating group) is 1. The Kier molecular flexibility index (Phi) is 3.01. The summed E-state index contributed by atoms with van der Waals surface area (Å²) in [5.74, 6) is 1.25. The van der Waals surface area contributed by atoms with Crippen molar-refractivity contribution in [1.82, 2.24) is 14.5 Å². The molecule has 0 aliphatic carbocycles. The number of fused-ring (bicyclic) bond motifs is 1. The molecule has 1 saturated heterocycles. The Morgan fingerprint density at radius 2 is 2.16 bits per heavy atom. The van der Waals surface area contributed by atoms with Gasteiger partial charge in [-0.15, -0.1) is 0 Å². The number of carbonyl (C=O) groups is 1. The molecule has 0 bridgehead atoms. The van der Waals surface area contributed by atoms with Crippen molar-refractivity contribution in [2.24, 2.45) is 0 Å². The second kappa shape index (κ2) is 4.68. The highest BCUT2D eigenvalue weighted by Gasteiger charge is 2.32. The molecule has 1 amide bonds. The van der Waals surface area contributed by atoms with E-state index in [9.17, 15) is 4.79 Å². The molecule has 0 radical (unpaired) electrons. The Balaban J connectivity index is 2.15. The van der Waals surface area contributed by atoms with Gasteiger partial charge in [0.1, 0.15) is 11.9 Å². The summed E-state index contributed by atoms with van der Waals surface area (Å²) >= 11 is 0. The lowest BCUT2D eigenvalue weighted by Gasteiger charge is -2.15. The van der Waals surface area contributed by atoms with Gasteiger partial charge >= 0.3 is 0 Å². The minimum atomic E-state index is -0.0704. The minimum Gasteiger partial charge on any atom is -0.344 e. The number of para-hydroxylation sites is 2. The summed E-state index contributed by atoms with van der Waals surface area (Å²) in [4.78, 5) is 18.8. The lowest BCUT2D eigenvalue weighted by atomic mass is 10.2. The highest BCUT2D eigenvalue weighted by molar-refractivity contribution is 5.85. The van der Waals surface area contributed by atoms with Crippen LogP contribution in [0.5, 0.6) is 0 Å². The molecule has 1 aromatic heterocycles. The maximum absolute atomic E-state index is 12.3. The molecule has 1 fully saturated rings. The van der Waals surface area contributed by atoms with Crippen LogP contribution in [0.2, 0.25) is 0 Å². The molecule has 1 aromatic carbocycles. The van der Waals surface area contributed by atoms with Crippen molar-refractivity contribution in [2.75, 3.05) is 13.6 Å². The molecule has 100 valence electrons. The van der Waals surface area contributed by atoms with Gasteiger partial charge in [-0.1, -0.05) is 19.1 Å². The van der Waals surface area contributed by atoms with Crippen LogP contribution in [0.3, 0.4) is 0 Å². The summed E-state index contributed by atoms with van der Waals surface area (Å²) in [5, 5.41) is 0. The topological polar surface area (TPSA) is 38.1 Å². The molecule has 0 saturated carbocycles. The van der Waals surface area contributed by atoms with Crippen LogP contribution < -0.4 is 0 Å².